The summed E-state index contributed by atoms with van der Waals surface area (Å²) >= 11 is 0. The Labute approximate surface area is 117 Å². The van der Waals surface area contributed by atoms with E-state index in [2.05, 4.69) is 0 Å². The van der Waals surface area contributed by atoms with Gasteiger partial charge in [-0.1, -0.05) is 24.3 Å². The number of halogens is 1. The lowest BCUT2D eigenvalue weighted by molar-refractivity contribution is 0.0743. The molecule has 20 heavy (non-hydrogen) atoms. The molecule has 2 aromatic rings. The second-order valence-electron chi connectivity index (χ2n) is 4.73. The fourth-order valence-corrected chi connectivity index (χ4v) is 2.02. The first-order valence-electron chi connectivity index (χ1n) is 6.38. The molecular formula is C16H17FN2O. The van der Waals surface area contributed by atoms with Gasteiger partial charge in [0.05, 0.1) is 11.6 Å². The topological polar surface area (TPSA) is 46.3 Å². The molecule has 0 aliphatic carbocycles. The minimum atomic E-state index is -0.290. The van der Waals surface area contributed by atoms with Crippen LogP contribution in [0.1, 0.15) is 28.9 Å². The number of nitrogen functional groups attached to an aromatic ring is 1. The molecule has 1 amide bonds. The highest BCUT2D eigenvalue weighted by Crippen LogP contribution is 2.22. The van der Waals surface area contributed by atoms with Crippen LogP contribution in [-0.4, -0.2) is 17.9 Å². The Bertz CT molecular complexity index is 610. The molecule has 2 N–H and O–H groups in total. The second kappa shape index (κ2) is 5.74. The molecule has 0 heterocycles. The first kappa shape index (κ1) is 14.1. The van der Waals surface area contributed by atoms with Gasteiger partial charge in [-0.2, -0.15) is 0 Å². The predicted octanol–water partition coefficient (Wildman–Crippen LogP) is 3.24. The number of hydrogen-bond donors (Lipinski definition) is 1. The Morgan fingerprint density at radius 1 is 1.15 bits per heavy atom. The van der Waals surface area contributed by atoms with Crippen LogP contribution in [0.2, 0.25) is 0 Å². The molecule has 0 saturated carbocycles. The summed E-state index contributed by atoms with van der Waals surface area (Å²) in [5, 5.41) is 0. The summed E-state index contributed by atoms with van der Waals surface area (Å²) in [4.78, 5) is 14.0. The highest BCUT2D eigenvalue weighted by Gasteiger charge is 2.20. The number of carbonyl (C=O) groups is 1. The smallest absolute Gasteiger partial charge is 0.256 e. The molecular weight excluding hydrogens is 255 g/mol. The van der Waals surface area contributed by atoms with Gasteiger partial charge in [-0.25, -0.2) is 4.39 Å². The van der Waals surface area contributed by atoms with E-state index in [1.54, 1.807) is 48.3 Å². The Morgan fingerprint density at radius 3 is 2.35 bits per heavy atom. The monoisotopic (exact) mass is 272 g/mol. The fraction of sp³-hybridized carbons (Fsp3) is 0.188. The molecule has 0 fully saturated rings. The molecule has 1 atom stereocenters. The quantitative estimate of drug-likeness (QED) is 0.872. The van der Waals surface area contributed by atoms with Gasteiger partial charge < -0.3 is 10.6 Å². The number of hydrogen-bond acceptors (Lipinski definition) is 2. The van der Waals surface area contributed by atoms with E-state index < -0.39 is 0 Å². The first-order valence-corrected chi connectivity index (χ1v) is 6.38. The van der Waals surface area contributed by atoms with Gasteiger partial charge >= 0.3 is 0 Å². The zero-order chi connectivity index (χ0) is 14.7. The predicted molar refractivity (Wildman–Crippen MR) is 77.8 cm³/mol. The van der Waals surface area contributed by atoms with Crippen molar-refractivity contribution >= 4 is 11.6 Å². The van der Waals surface area contributed by atoms with Crippen LogP contribution in [0.3, 0.4) is 0 Å². The summed E-state index contributed by atoms with van der Waals surface area (Å²) in [7, 11) is 1.71. The van der Waals surface area contributed by atoms with E-state index in [1.165, 1.54) is 12.1 Å². The lowest BCUT2D eigenvalue weighted by atomic mass is 10.1. The summed E-state index contributed by atoms with van der Waals surface area (Å²) in [6, 6.07) is 12.9. The lowest BCUT2D eigenvalue weighted by Gasteiger charge is -2.26. The van der Waals surface area contributed by atoms with Gasteiger partial charge in [0, 0.05) is 12.7 Å². The van der Waals surface area contributed by atoms with Crippen LogP contribution in [0.4, 0.5) is 10.1 Å². The number of amides is 1. The molecule has 4 heteroatoms. The van der Waals surface area contributed by atoms with Crippen LogP contribution < -0.4 is 5.73 Å². The molecule has 0 aliphatic rings. The molecule has 0 saturated heterocycles. The SMILES string of the molecule is CC(c1ccc(F)cc1)N(C)C(=O)c1ccccc1N. The lowest BCUT2D eigenvalue weighted by Crippen LogP contribution is -2.30. The molecule has 3 nitrogen and oxygen atoms in total. The highest BCUT2D eigenvalue weighted by molar-refractivity contribution is 5.99. The Hall–Kier alpha value is -2.36. The van der Waals surface area contributed by atoms with Crippen LogP contribution in [0.15, 0.2) is 48.5 Å². The molecule has 2 rings (SSSR count). The molecule has 1 unspecified atom stereocenters. The summed E-state index contributed by atoms with van der Waals surface area (Å²) in [5.74, 6) is -0.442. The van der Waals surface area contributed by atoms with Crippen molar-refractivity contribution in [2.75, 3.05) is 12.8 Å². The zero-order valence-electron chi connectivity index (χ0n) is 11.5. The van der Waals surface area contributed by atoms with E-state index in [1.807, 2.05) is 6.92 Å². The Kier molecular flexibility index (Phi) is 4.03. The van der Waals surface area contributed by atoms with E-state index in [0.717, 1.165) is 5.56 Å². The number of nitrogens with two attached hydrogens (primary N) is 1. The van der Waals surface area contributed by atoms with Crippen LogP contribution in [-0.2, 0) is 0 Å². The van der Waals surface area contributed by atoms with Crippen LogP contribution >= 0.6 is 0 Å². The molecule has 0 radical (unpaired) electrons. The average Bonchev–Trinajstić information content (AvgIpc) is 2.46. The number of anilines is 1. The number of nitrogens with zero attached hydrogens (tertiary/aromatic N) is 1. The van der Waals surface area contributed by atoms with Gasteiger partial charge in [0.15, 0.2) is 0 Å². The molecule has 104 valence electrons. The first-order chi connectivity index (χ1) is 9.50. The minimum Gasteiger partial charge on any atom is -0.398 e. The molecule has 0 aromatic heterocycles. The van der Waals surface area contributed by atoms with Crippen molar-refractivity contribution < 1.29 is 9.18 Å². The summed E-state index contributed by atoms with van der Waals surface area (Å²) < 4.78 is 12.9. The van der Waals surface area contributed by atoms with E-state index in [0.29, 0.717) is 11.3 Å². The van der Waals surface area contributed by atoms with Crippen molar-refractivity contribution in [1.82, 2.24) is 4.90 Å². The molecule has 0 bridgehead atoms. The number of carbonyl (C=O) groups excluding carboxylic acids is 1. The average molecular weight is 272 g/mol. The number of benzene rings is 2. The van der Waals surface area contributed by atoms with Gasteiger partial charge in [0.25, 0.3) is 5.91 Å². The normalized spacial score (nSPS) is 11.9. The van der Waals surface area contributed by atoms with Crippen molar-refractivity contribution in [3.63, 3.8) is 0 Å². The minimum absolute atomic E-state index is 0.153. The molecule has 0 spiro atoms. The van der Waals surface area contributed by atoms with E-state index in [9.17, 15) is 9.18 Å². The van der Waals surface area contributed by atoms with Crippen LogP contribution in [0.5, 0.6) is 0 Å². The van der Waals surface area contributed by atoms with E-state index >= 15 is 0 Å². The third-order valence-electron chi connectivity index (χ3n) is 3.44. The zero-order valence-corrected chi connectivity index (χ0v) is 11.5. The highest BCUT2D eigenvalue weighted by atomic mass is 19.1. The van der Waals surface area contributed by atoms with Crippen molar-refractivity contribution in [2.45, 2.75) is 13.0 Å². The molecule has 2 aromatic carbocycles. The second-order valence-corrected chi connectivity index (χ2v) is 4.73. The van der Waals surface area contributed by atoms with Crippen molar-refractivity contribution in [1.29, 1.82) is 0 Å². The van der Waals surface area contributed by atoms with Crippen molar-refractivity contribution in [3.05, 3.63) is 65.5 Å². The van der Waals surface area contributed by atoms with Crippen LogP contribution in [0, 0.1) is 5.82 Å². The van der Waals surface area contributed by atoms with Gasteiger partial charge in [-0.3, -0.25) is 4.79 Å². The summed E-state index contributed by atoms with van der Waals surface area (Å²) in [6.07, 6.45) is 0. The maximum Gasteiger partial charge on any atom is 0.256 e. The van der Waals surface area contributed by atoms with E-state index in [4.69, 9.17) is 5.73 Å². The van der Waals surface area contributed by atoms with Gasteiger partial charge in [0.2, 0.25) is 0 Å². The number of rotatable bonds is 3. The fourth-order valence-electron chi connectivity index (χ4n) is 2.02. The maximum atomic E-state index is 12.9. The summed E-state index contributed by atoms with van der Waals surface area (Å²) in [6.45, 7) is 1.89. The summed E-state index contributed by atoms with van der Waals surface area (Å²) in [5.41, 5.74) is 7.62. The van der Waals surface area contributed by atoms with E-state index in [-0.39, 0.29) is 17.8 Å². The van der Waals surface area contributed by atoms with Gasteiger partial charge in [-0.15, -0.1) is 0 Å². The van der Waals surface area contributed by atoms with Crippen molar-refractivity contribution in [3.8, 4) is 0 Å². The van der Waals surface area contributed by atoms with Crippen LogP contribution in [0.25, 0.3) is 0 Å². The number of para-hydroxylation sites is 1. The standard InChI is InChI=1S/C16H17FN2O/c1-11(12-7-9-13(17)10-8-12)19(2)16(20)14-5-3-4-6-15(14)18/h3-11H,18H2,1-2H3. The molecule has 0 aliphatic heterocycles. The maximum absolute atomic E-state index is 12.9. The third kappa shape index (κ3) is 2.79. The van der Waals surface area contributed by atoms with Crippen molar-refractivity contribution in [2.24, 2.45) is 0 Å². The Morgan fingerprint density at radius 2 is 1.75 bits per heavy atom. The van der Waals surface area contributed by atoms with Gasteiger partial charge in [-0.05, 0) is 36.8 Å². The van der Waals surface area contributed by atoms with Gasteiger partial charge in [0.1, 0.15) is 5.82 Å². The largest absolute Gasteiger partial charge is 0.398 e. The Balaban J connectivity index is 2.22. The third-order valence-corrected chi connectivity index (χ3v) is 3.44.